The Kier molecular flexibility index (Phi) is 2.96. The minimum atomic E-state index is -0.00463. The third kappa shape index (κ3) is 2.21. The molecule has 0 atom stereocenters. The molecule has 2 fully saturated rings. The van der Waals surface area contributed by atoms with Crippen molar-refractivity contribution in [3.63, 3.8) is 0 Å². The Bertz CT molecular complexity index is 119. The SMILES string of the molecule is OC1CCN(C2CC2)CC1.[B]. The second-order valence-corrected chi connectivity index (χ2v) is 3.50. The molecule has 3 heteroatoms. The van der Waals surface area contributed by atoms with E-state index in [-0.39, 0.29) is 14.5 Å². The van der Waals surface area contributed by atoms with Crippen LogP contribution in [-0.2, 0) is 0 Å². The minimum Gasteiger partial charge on any atom is -0.393 e. The van der Waals surface area contributed by atoms with Crippen LogP contribution >= 0.6 is 0 Å². The number of rotatable bonds is 1. The summed E-state index contributed by atoms with van der Waals surface area (Å²) in [6.45, 7) is 2.26. The summed E-state index contributed by atoms with van der Waals surface area (Å²) in [6.07, 6.45) is 4.79. The highest BCUT2D eigenvalue weighted by Gasteiger charge is 2.30. The number of hydrogen-bond donors (Lipinski definition) is 1. The lowest BCUT2D eigenvalue weighted by Gasteiger charge is -2.29. The second-order valence-electron chi connectivity index (χ2n) is 3.50. The lowest BCUT2D eigenvalue weighted by atomic mass is 10.1. The van der Waals surface area contributed by atoms with E-state index in [1.807, 2.05) is 0 Å². The zero-order chi connectivity index (χ0) is 6.97. The number of piperidine rings is 1. The first-order valence-corrected chi connectivity index (χ1v) is 4.28. The Morgan fingerprint density at radius 1 is 1.00 bits per heavy atom. The molecular weight excluding hydrogens is 137 g/mol. The van der Waals surface area contributed by atoms with Gasteiger partial charge in [-0.25, -0.2) is 0 Å². The quantitative estimate of drug-likeness (QED) is 0.543. The van der Waals surface area contributed by atoms with E-state index < -0.39 is 0 Å². The van der Waals surface area contributed by atoms with Crippen molar-refractivity contribution in [2.45, 2.75) is 37.8 Å². The van der Waals surface area contributed by atoms with Gasteiger partial charge in [0.15, 0.2) is 0 Å². The summed E-state index contributed by atoms with van der Waals surface area (Å²) in [5, 5.41) is 9.20. The van der Waals surface area contributed by atoms with E-state index in [0.717, 1.165) is 32.0 Å². The van der Waals surface area contributed by atoms with Crippen molar-refractivity contribution < 1.29 is 5.11 Å². The fourth-order valence-electron chi connectivity index (χ4n) is 1.69. The molecule has 0 aromatic rings. The first-order chi connectivity index (χ1) is 4.86. The first kappa shape index (κ1) is 9.08. The van der Waals surface area contributed by atoms with Crippen molar-refractivity contribution in [2.24, 2.45) is 0 Å². The molecule has 0 amide bonds. The molecule has 0 unspecified atom stereocenters. The largest absolute Gasteiger partial charge is 0.393 e. The average Bonchev–Trinajstić information content (AvgIpc) is 2.71. The van der Waals surface area contributed by atoms with Crippen LogP contribution in [0.1, 0.15) is 25.7 Å². The summed E-state index contributed by atoms with van der Waals surface area (Å²) < 4.78 is 0. The van der Waals surface area contributed by atoms with Crippen molar-refractivity contribution in [1.82, 2.24) is 4.90 Å². The maximum Gasteiger partial charge on any atom is 0.0564 e. The zero-order valence-corrected chi connectivity index (χ0v) is 6.87. The van der Waals surface area contributed by atoms with Gasteiger partial charge in [0.25, 0.3) is 0 Å². The van der Waals surface area contributed by atoms with E-state index in [1.54, 1.807) is 0 Å². The van der Waals surface area contributed by atoms with Gasteiger partial charge in [0, 0.05) is 27.5 Å². The van der Waals surface area contributed by atoms with Gasteiger partial charge in [-0.05, 0) is 25.7 Å². The van der Waals surface area contributed by atoms with E-state index in [1.165, 1.54) is 12.8 Å². The van der Waals surface area contributed by atoms with E-state index in [0.29, 0.717) is 0 Å². The number of nitrogens with zero attached hydrogens (tertiary/aromatic N) is 1. The molecule has 3 radical (unpaired) electrons. The lowest BCUT2D eigenvalue weighted by molar-refractivity contribution is 0.0791. The summed E-state index contributed by atoms with van der Waals surface area (Å²) in [5.74, 6) is 0. The van der Waals surface area contributed by atoms with Crippen LogP contribution in [0.2, 0.25) is 0 Å². The van der Waals surface area contributed by atoms with Crippen LogP contribution in [0.4, 0.5) is 0 Å². The van der Waals surface area contributed by atoms with Crippen LogP contribution in [0.25, 0.3) is 0 Å². The minimum absolute atomic E-state index is 0. The van der Waals surface area contributed by atoms with Gasteiger partial charge in [0.2, 0.25) is 0 Å². The van der Waals surface area contributed by atoms with Crippen LogP contribution in [0, 0.1) is 0 Å². The number of likely N-dealkylation sites (tertiary alicyclic amines) is 1. The summed E-state index contributed by atoms with van der Waals surface area (Å²) in [5.41, 5.74) is 0. The maximum absolute atomic E-state index is 9.20. The van der Waals surface area contributed by atoms with Crippen molar-refractivity contribution in [1.29, 1.82) is 0 Å². The Balaban J connectivity index is 0.000000605. The van der Waals surface area contributed by atoms with E-state index >= 15 is 0 Å². The van der Waals surface area contributed by atoms with Gasteiger partial charge in [0.05, 0.1) is 6.10 Å². The Morgan fingerprint density at radius 3 is 2.00 bits per heavy atom. The van der Waals surface area contributed by atoms with E-state index in [2.05, 4.69) is 4.90 Å². The van der Waals surface area contributed by atoms with Crippen LogP contribution in [0.3, 0.4) is 0 Å². The molecule has 2 rings (SSSR count). The zero-order valence-electron chi connectivity index (χ0n) is 6.87. The van der Waals surface area contributed by atoms with Crippen LogP contribution in [0.5, 0.6) is 0 Å². The predicted octanol–water partition coefficient (Wildman–Crippen LogP) is 0.225. The summed E-state index contributed by atoms with van der Waals surface area (Å²) >= 11 is 0. The highest BCUT2D eigenvalue weighted by molar-refractivity contribution is 5.75. The smallest absolute Gasteiger partial charge is 0.0564 e. The number of aliphatic hydroxyl groups is 1. The van der Waals surface area contributed by atoms with Gasteiger partial charge in [-0.2, -0.15) is 0 Å². The molecule has 1 N–H and O–H groups in total. The highest BCUT2D eigenvalue weighted by atomic mass is 16.3. The second kappa shape index (κ2) is 3.59. The van der Waals surface area contributed by atoms with Crippen molar-refractivity contribution in [2.75, 3.05) is 13.1 Å². The molecule has 1 aliphatic carbocycles. The molecule has 0 aromatic heterocycles. The van der Waals surface area contributed by atoms with Crippen LogP contribution < -0.4 is 0 Å². The third-order valence-electron chi connectivity index (χ3n) is 2.56. The van der Waals surface area contributed by atoms with Crippen molar-refractivity contribution in [3.8, 4) is 0 Å². The molecule has 11 heavy (non-hydrogen) atoms. The summed E-state index contributed by atoms with van der Waals surface area (Å²) in [6, 6.07) is 0.896. The number of hydrogen-bond acceptors (Lipinski definition) is 2. The molecule has 1 aliphatic heterocycles. The molecule has 1 saturated carbocycles. The molecule has 2 aliphatic rings. The highest BCUT2D eigenvalue weighted by Crippen LogP contribution is 2.29. The molecule has 1 heterocycles. The Morgan fingerprint density at radius 2 is 1.55 bits per heavy atom. The third-order valence-corrected chi connectivity index (χ3v) is 2.56. The average molecular weight is 152 g/mol. The van der Waals surface area contributed by atoms with E-state index in [4.69, 9.17) is 0 Å². The predicted molar refractivity (Wildman–Crippen MR) is 45.6 cm³/mol. The van der Waals surface area contributed by atoms with Gasteiger partial charge >= 0.3 is 0 Å². The summed E-state index contributed by atoms with van der Waals surface area (Å²) in [4.78, 5) is 2.52. The topological polar surface area (TPSA) is 23.5 Å². The molecule has 0 spiro atoms. The molecule has 1 saturated heterocycles. The van der Waals surface area contributed by atoms with Gasteiger partial charge in [-0.1, -0.05) is 0 Å². The van der Waals surface area contributed by atoms with Gasteiger partial charge < -0.3 is 10.0 Å². The normalized spacial score (nSPS) is 28.1. The van der Waals surface area contributed by atoms with Crippen molar-refractivity contribution >= 4 is 8.41 Å². The maximum atomic E-state index is 9.20. The van der Waals surface area contributed by atoms with Gasteiger partial charge in [0.1, 0.15) is 0 Å². The van der Waals surface area contributed by atoms with Crippen molar-refractivity contribution in [3.05, 3.63) is 0 Å². The first-order valence-electron chi connectivity index (χ1n) is 4.28. The molecule has 0 aromatic carbocycles. The monoisotopic (exact) mass is 152 g/mol. The fraction of sp³-hybridized carbons (Fsp3) is 1.00. The molecule has 2 nitrogen and oxygen atoms in total. The lowest BCUT2D eigenvalue weighted by Crippen LogP contribution is -2.37. The Hall–Kier alpha value is -0.0151. The van der Waals surface area contributed by atoms with Crippen LogP contribution in [-0.4, -0.2) is 43.7 Å². The standard InChI is InChI=1S/C8H15NO.B/c10-8-3-5-9(6-4-8)7-1-2-7;/h7-8,10H,1-6H2;. The molecule has 61 valence electrons. The number of aliphatic hydroxyl groups excluding tert-OH is 1. The van der Waals surface area contributed by atoms with Crippen LogP contribution in [0.15, 0.2) is 0 Å². The van der Waals surface area contributed by atoms with Gasteiger partial charge in [-0.3, -0.25) is 0 Å². The van der Waals surface area contributed by atoms with E-state index in [9.17, 15) is 5.11 Å². The summed E-state index contributed by atoms with van der Waals surface area (Å²) in [7, 11) is 0. The Labute approximate surface area is 70.2 Å². The fourth-order valence-corrected chi connectivity index (χ4v) is 1.69. The molecular formula is C8H15BNO. The van der Waals surface area contributed by atoms with Gasteiger partial charge in [-0.15, -0.1) is 0 Å². The molecule has 0 bridgehead atoms.